The summed E-state index contributed by atoms with van der Waals surface area (Å²) in [6, 6.07) is -1.37. The Labute approximate surface area is 202 Å². The Morgan fingerprint density at radius 1 is 1.08 bits per heavy atom. The molecule has 11 N–H and O–H groups in total. The topological polar surface area (TPSA) is 278 Å². The molecule has 1 aliphatic rings. The Bertz CT molecular complexity index is 814. The van der Waals surface area contributed by atoms with Crippen LogP contribution in [-0.4, -0.2) is 88.5 Å². The van der Waals surface area contributed by atoms with Crippen molar-refractivity contribution >= 4 is 29.7 Å². The van der Waals surface area contributed by atoms with Crippen LogP contribution in [0.2, 0.25) is 0 Å². The van der Waals surface area contributed by atoms with E-state index in [-0.39, 0.29) is 24.5 Å². The van der Waals surface area contributed by atoms with Gasteiger partial charge in [-0.25, -0.2) is 24.7 Å². The van der Waals surface area contributed by atoms with Gasteiger partial charge in [-0.3, -0.25) is 9.59 Å². The number of halogens is 6. The highest BCUT2D eigenvalue weighted by atomic mass is 19.4. The molecule has 0 aromatic rings. The molecule has 0 aliphatic carbocycles. The Balaban J connectivity index is 0. The van der Waals surface area contributed by atoms with Gasteiger partial charge in [-0.1, -0.05) is 5.43 Å². The van der Waals surface area contributed by atoms with Gasteiger partial charge in [0.1, 0.15) is 0 Å². The molecule has 0 saturated carbocycles. The van der Waals surface area contributed by atoms with Crippen LogP contribution in [0, 0.1) is 10.1 Å². The number of carbonyl (C=O) groups is 4. The van der Waals surface area contributed by atoms with Crippen LogP contribution < -0.4 is 33.3 Å². The number of aliphatic carboxylic acids is 2. The van der Waals surface area contributed by atoms with E-state index >= 15 is 0 Å². The van der Waals surface area contributed by atoms with E-state index in [0.29, 0.717) is 25.8 Å². The Morgan fingerprint density at radius 2 is 1.54 bits per heavy atom. The molecule has 0 bridgehead atoms. The maximum Gasteiger partial charge on any atom is 0.490 e. The first-order valence-corrected chi connectivity index (χ1v) is 9.58. The lowest BCUT2D eigenvalue weighted by atomic mass is 10.1. The zero-order valence-electron chi connectivity index (χ0n) is 18.5. The Morgan fingerprint density at radius 3 is 1.89 bits per heavy atom. The zero-order chi connectivity index (χ0) is 29.6. The maximum absolute atomic E-state index is 11.9. The van der Waals surface area contributed by atoms with Crippen molar-refractivity contribution < 1.29 is 60.8 Å². The molecule has 214 valence electrons. The van der Waals surface area contributed by atoms with Crippen LogP contribution in [0.15, 0.2) is 4.99 Å². The van der Waals surface area contributed by atoms with Crippen LogP contribution in [0.1, 0.15) is 19.3 Å². The number of nitrogens with one attached hydrogen (secondary N) is 3. The third kappa shape index (κ3) is 18.0. The van der Waals surface area contributed by atoms with Crippen molar-refractivity contribution in [2.45, 2.75) is 49.7 Å². The summed E-state index contributed by atoms with van der Waals surface area (Å²) < 4.78 is 63.5. The number of primary amides is 1. The van der Waals surface area contributed by atoms with Crippen molar-refractivity contribution in [3.63, 3.8) is 0 Å². The second kappa shape index (κ2) is 15.9. The number of alkyl halides is 6. The molecule has 2 amide bonds. The lowest BCUT2D eigenvalue weighted by molar-refractivity contribution is -0.525. The first kappa shape index (κ1) is 35.2. The lowest BCUT2D eigenvalue weighted by Crippen LogP contribution is -2.46. The maximum atomic E-state index is 11.9. The SMILES string of the molecule is NC(=O)[C@H]1C[C@@H](NC(=O)[C@@H](N)CCCN=C(N)N[N+](=O)[O-])CN1.O=C(O)C(F)(F)F.O=C(O)C(F)(F)F. The number of hydrazine groups is 1. The molecule has 0 aromatic carbocycles. The molecule has 1 aliphatic heterocycles. The second-order valence-corrected chi connectivity index (χ2v) is 6.79. The number of amides is 2. The highest BCUT2D eigenvalue weighted by molar-refractivity contribution is 5.83. The summed E-state index contributed by atoms with van der Waals surface area (Å²) in [6.45, 7) is 0.668. The second-order valence-electron chi connectivity index (χ2n) is 6.79. The normalized spacial score (nSPS) is 18.2. The smallest absolute Gasteiger partial charge is 0.475 e. The minimum Gasteiger partial charge on any atom is -0.475 e. The quantitative estimate of drug-likeness (QED) is 0.0393. The molecule has 1 saturated heterocycles. The average Bonchev–Trinajstić information content (AvgIpc) is 3.18. The van der Waals surface area contributed by atoms with Crippen molar-refractivity contribution in [1.82, 2.24) is 16.1 Å². The first-order chi connectivity index (χ1) is 16.7. The number of nitrogens with zero attached hydrogens (tertiary/aromatic N) is 2. The van der Waals surface area contributed by atoms with Gasteiger partial charge >= 0.3 is 24.3 Å². The van der Waals surface area contributed by atoms with Gasteiger partial charge in [0.15, 0.2) is 5.03 Å². The van der Waals surface area contributed by atoms with Crippen LogP contribution in [0.4, 0.5) is 26.3 Å². The summed E-state index contributed by atoms with van der Waals surface area (Å²) >= 11 is 0. The third-order valence-electron chi connectivity index (χ3n) is 3.80. The van der Waals surface area contributed by atoms with Gasteiger partial charge in [-0.2, -0.15) is 26.3 Å². The molecular formula is C15H24F6N8O8. The van der Waals surface area contributed by atoms with E-state index in [4.69, 9.17) is 37.0 Å². The van der Waals surface area contributed by atoms with E-state index in [1.54, 1.807) is 5.43 Å². The van der Waals surface area contributed by atoms with Gasteiger partial charge in [-0.15, -0.1) is 0 Å². The predicted octanol–water partition coefficient (Wildman–Crippen LogP) is -2.21. The van der Waals surface area contributed by atoms with E-state index in [1.807, 2.05) is 0 Å². The molecule has 3 atom stereocenters. The van der Waals surface area contributed by atoms with Crippen molar-refractivity contribution in [2.75, 3.05) is 13.1 Å². The van der Waals surface area contributed by atoms with Crippen LogP contribution in [0.5, 0.6) is 0 Å². The van der Waals surface area contributed by atoms with E-state index < -0.39 is 47.3 Å². The molecule has 16 nitrogen and oxygen atoms in total. The molecule has 22 heteroatoms. The molecular weight excluding hydrogens is 534 g/mol. The van der Waals surface area contributed by atoms with E-state index in [9.17, 15) is 46.0 Å². The van der Waals surface area contributed by atoms with Crippen molar-refractivity contribution in [3.05, 3.63) is 10.1 Å². The number of nitro groups is 1. The summed E-state index contributed by atoms with van der Waals surface area (Å²) in [6.07, 6.45) is -8.94. The highest BCUT2D eigenvalue weighted by Crippen LogP contribution is 2.13. The first-order valence-electron chi connectivity index (χ1n) is 9.58. The largest absolute Gasteiger partial charge is 0.490 e. The molecule has 37 heavy (non-hydrogen) atoms. The number of hydrogen-bond acceptors (Lipinski definition) is 9. The van der Waals surface area contributed by atoms with Gasteiger partial charge in [0.25, 0.3) is 5.96 Å². The van der Waals surface area contributed by atoms with Crippen LogP contribution in [0.25, 0.3) is 0 Å². The van der Waals surface area contributed by atoms with Crippen LogP contribution >= 0.6 is 0 Å². The number of aliphatic imine (C=N–C) groups is 1. The van der Waals surface area contributed by atoms with Gasteiger partial charge in [-0.05, 0) is 19.3 Å². The number of rotatable bonds is 8. The Hall–Kier alpha value is -3.95. The van der Waals surface area contributed by atoms with Gasteiger partial charge < -0.3 is 38.0 Å². The number of carboxylic acids is 2. The molecule has 0 unspecified atom stereocenters. The fraction of sp³-hybridized carbons (Fsp3) is 0.667. The molecule has 0 spiro atoms. The lowest BCUT2D eigenvalue weighted by Gasteiger charge is -2.16. The fourth-order valence-electron chi connectivity index (χ4n) is 2.14. The van der Waals surface area contributed by atoms with Gasteiger partial charge in [0, 0.05) is 19.1 Å². The standard InChI is InChI=1S/C11H22N8O4.2C2HF3O2/c12-7(2-1-3-15-11(14)18-19(22)23)10(21)17-6-4-8(9(13)20)16-5-6;2*3-2(4,5)1(6)7/h6-8,16H,1-5,12H2,(H2,13,20)(H,17,21)(H3,14,15,18);2*(H,6,7)/t6-,7+,8-;;/m1../s1. The zero-order valence-corrected chi connectivity index (χ0v) is 18.5. The van der Waals surface area contributed by atoms with Gasteiger partial charge in [0.2, 0.25) is 11.8 Å². The predicted molar refractivity (Wildman–Crippen MR) is 109 cm³/mol. The number of nitrogens with two attached hydrogens (primary N) is 3. The van der Waals surface area contributed by atoms with Crippen molar-refractivity contribution in [2.24, 2.45) is 22.2 Å². The molecule has 1 rings (SSSR count). The molecule has 0 radical (unpaired) electrons. The highest BCUT2D eigenvalue weighted by Gasteiger charge is 2.38. The summed E-state index contributed by atoms with van der Waals surface area (Å²) in [5.74, 6) is -6.60. The monoisotopic (exact) mass is 558 g/mol. The summed E-state index contributed by atoms with van der Waals surface area (Å²) in [5, 5.41) is 29.2. The fourth-order valence-corrected chi connectivity index (χ4v) is 2.14. The third-order valence-corrected chi connectivity index (χ3v) is 3.80. The molecule has 1 fully saturated rings. The summed E-state index contributed by atoms with van der Waals surface area (Å²) in [7, 11) is 0. The van der Waals surface area contributed by atoms with E-state index in [2.05, 4.69) is 15.6 Å². The minimum atomic E-state index is -5.08. The molecule has 0 aromatic heterocycles. The number of carboxylic acid groups (broad SMARTS) is 2. The number of hydrogen-bond donors (Lipinski definition) is 8. The number of guanidine groups is 1. The van der Waals surface area contributed by atoms with Crippen molar-refractivity contribution in [3.8, 4) is 0 Å². The van der Waals surface area contributed by atoms with Crippen LogP contribution in [-0.2, 0) is 19.2 Å². The van der Waals surface area contributed by atoms with Crippen molar-refractivity contribution in [1.29, 1.82) is 0 Å². The summed E-state index contributed by atoms with van der Waals surface area (Å²) in [4.78, 5) is 54.5. The average molecular weight is 558 g/mol. The molecule has 1 heterocycles. The van der Waals surface area contributed by atoms with E-state index in [0.717, 1.165) is 0 Å². The van der Waals surface area contributed by atoms with E-state index in [1.165, 1.54) is 0 Å². The number of carbonyl (C=O) groups excluding carboxylic acids is 2. The summed E-state index contributed by atoms with van der Waals surface area (Å²) in [5.41, 5.74) is 17.9. The Kier molecular flexibility index (Phi) is 15.2. The van der Waals surface area contributed by atoms with Crippen LogP contribution in [0.3, 0.4) is 0 Å². The minimum absolute atomic E-state index is 0.191. The van der Waals surface area contributed by atoms with Gasteiger partial charge in [0.05, 0.1) is 12.1 Å².